The van der Waals surface area contributed by atoms with Gasteiger partial charge in [-0.3, -0.25) is 4.79 Å². The van der Waals surface area contributed by atoms with Crippen LogP contribution in [0, 0.1) is 0 Å². The predicted octanol–water partition coefficient (Wildman–Crippen LogP) is -0.0780. The molecule has 1 rings (SSSR count). The van der Waals surface area contributed by atoms with Gasteiger partial charge in [-0.15, -0.1) is 11.3 Å². The monoisotopic (exact) mass is 220 g/mol. The van der Waals surface area contributed by atoms with Crippen molar-refractivity contribution >= 4 is 27.1 Å². The molecular weight excluding hydrogens is 212 g/mol. The molecule has 1 aromatic heterocycles. The Hall–Kier alpha value is -0.790. The van der Waals surface area contributed by atoms with Crippen LogP contribution in [0.1, 0.15) is 11.9 Å². The van der Waals surface area contributed by atoms with Crippen molar-refractivity contribution in [2.75, 3.05) is 0 Å². The summed E-state index contributed by atoms with van der Waals surface area (Å²) in [5, 5.41) is 5.33. The smallest absolute Gasteiger partial charge is 0.249 e. The van der Waals surface area contributed by atoms with Crippen molar-refractivity contribution < 1.29 is 13.2 Å². The molecule has 0 atom stereocenters. The van der Waals surface area contributed by atoms with Crippen molar-refractivity contribution in [3.8, 4) is 0 Å². The Balaban J connectivity index is 2.94. The Labute approximate surface area is 79.6 Å². The molecule has 2 N–H and O–H groups in total. The number of carbonyl (C=O) groups excluding carboxylic acids is 1. The maximum absolute atomic E-state index is 10.8. The second-order valence-corrected chi connectivity index (χ2v) is 5.40. The number of primary sulfonamides is 1. The van der Waals surface area contributed by atoms with Gasteiger partial charge in [0.2, 0.25) is 10.0 Å². The summed E-state index contributed by atoms with van der Waals surface area (Å²) in [6, 6.07) is 0. The molecule has 13 heavy (non-hydrogen) atoms. The Morgan fingerprint density at radius 3 is 2.69 bits per heavy atom. The second-order valence-electron chi connectivity index (χ2n) is 2.50. The summed E-state index contributed by atoms with van der Waals surface area (Å²) >= 11 is 0.923. The van der Waals surface area contributed by atoms with Gasteiger partial charge in [0.1, 0.15) is 10.8 Å². The third-order valence-electron chi connectivity index (χ3n) is 1.21. The maximum Gasteiger partial charge on any atom is 0.249 e. The summed E-state index contributed by atoms with van der Waals surface area (Å²) in [7, 11) is -3.67. The number of carbonyl (C=O) groups is 1. The molecule has 1 heterocycles. The number of Topliss-reactive ketones (excluding diaryl/α,β-unsaturated/α-hetero) is 1. The van der Waals surface area contributed by atoms with E-state index >= 15 is 0 Å². The predicted molar refractivity (Wildman–Crippen MR) is 47.9 cm³/mol. The lowest BCUT2D eigenvalue weighted by Crippen LogP contribution is -2.09. The topological polar surface area (TPSA) is 90.1 Å². The molecule has 0 aromatic carbocycles. The van der Waals surface area contributed by atoms with Crippen molar-refractivity contribution in [1.29, 1.82) is 0 Å². The SMILES string of the molecule is CC(=O)Cc1ncc(S(N)(=O)=O)s1. The molecule has 0 aliphatic carbocycles. The fourth-order valence-corrected chi connectivity index (χ4v) is 2.39. The van der Waals surface area contributed by atoms with Gasteiger partial charge in [-0.1, -0.05) is 0 Å². The minimum atomic E-state index is -3.67. The van der Waals surface area contributed by atoms with Crippen molar-refractivity contribution in [3.05, 3.63) is 11.2 Å². The normalized spacial score (nSPS) is 11.5. The Morgan fingerprint density at radius 1 is 1.69 bits per heavy atom. The minimum Gasteiger partial charge on any atom is -0.300 e. The summed E-state index contributed by atoms with van der Waals surface area (Å²) in [6.45, 7) is 1.41. The van der Waals surface area contributed by atoms with Crippen LogP contribution in [0.3, 0.4) is 0 Å². The molecule has 7 heteroatoms. The Kier molecular flexibility index (Phi) is 2.79. The van der Waals surface area contributed by atoms with E-state index in [1.54, 1.807) is 0 Å². The lowest BCUT2D eigenvalue weighted by molar-refractivity contribution is -0.116. The van der Waals surface area contributed by atoms with E-state index in [1.165, 1.54) is 6.92 Å². The van der Waals surface area contributed by atoms with Crippen LogP contribution in [0.15, 0.2) is 10.4 Å². The van der Waals surface area contributed by atoms with Crippen LogP contribution >= 0.6 is 11.3 Å². The van der Waals surface area contributed by atoms with Crippen LogP contribution in [0.25, 0.3) is 0 Å². The molecule has 0 saturated heterocycles. The van der Waals surface area contributed by atoms with Crippen molar-refractivity contribution in [1.82, 2.24) is 4.98 Å². The molecular formula is C6H8N2O3S2. The standard InChI is InChI=1S/C6H8N2O3S2/c1-4(9)2-5-8-3-6(12-5)13(7,10)11/h3H,2H2,1H3,(H2,7,10,11). The number of nitrogens with zero attached hydrogens (tertiary/aromatic N) is 1. The molecule has 72 valence electrons. The third-order valence-corrected chi connectivity index (χ3v) is 3.62. The first-order valence-corrected chi connectivity index (χ1v) is 5.73. The van der Waals surface area contributed by atoms with Gasteiger partial charge < -0.3 is 0 Å². The first kappa shape index (κ1) is 10.3. The number of thiazole rings is 1. The van der Waals surface area contributed by atoms with Crippen LogP contribution in [0.4, 0.5) is 0 Å². The van der Waals surface area contributed by atoms with E-state index in [0.717, 1.165) is 17.5 Å². The minimum absolute atomic E-state index is 0.0104. The van der Waals surface area contributed by atoms with E-state index in [4.69, 9.17) is 5.14 Å². The number of aromatic nitrogens is 1. The lowest BCUT2D eigenvalue weighted by atomic mass is 10.3. The van der Waals surface area contributed by atoms with Gasteiger partial charge >= 0.3 is 0 Å². The average molecular weight is 220 g/mol. The van der Waals surface area contributed by atoms with Crippen LogP contribution < -0.4 is 5.14 Å². The molecule has 1 aromatic rings. The van der Waals surface area contributed by atoms with Crippen LogP contribution in [0.5, 0.6) is 0 Å². The van der Waals surface area contributed by atoms with Crippen molar-refractivity contribution in [2.24, 2.45) is 5.14 Å². The van der Waals surface area contributed by atoms with E-state index in [0.29, 0.717) is 5.01 Å². The van der Waals surface area contributed by atoms with Gasteiger partial charge in [0.15, 0.2) is 4.21 Å². The molecule has 0 aliphatic heterocycles. The molecule has 0 unspecified atom stereocenters. The summed E-state index contributed by atoms with van der Waals surface area (Å²) in [5.41, 5.74) is 0. The van der Waals surface area contributed by atoms with Gasteiger partial charge in [0, 0.05) is 0 Å². The van der Waals surface area contributed by atoms with E-state index in [1.807, 2.05) is 0 Å². The zero-order valence-electron chi connectivity index (χ0n) is 6.85. The lowest BCUT2D eigenvalue weighted by Gasteiger charge is -1.88. The molecule has 0 saturated carbocycles. The highest BCUT2D eigenvalue weighted by molar-refractivity contribution is 7.91. The van der Waals surface area contributed by atoms with Crippen molar-refractivity contribution in [2.45, 2.75) is 17.6 Å². The molecule has 0 spiro atoms. The van der Waals surface area contributed by atoms with Gasteiger partial charge in [-0.2, -0.15) is 0 Å². The third kappa shape index (κ3) is 2.87. The fraction of sp³-hybridized carbons (Fsp3) is 0.333. The summed E-state index contributed by atoms with van der Waals surface area (Å²) in [6.07, 6.45) is 1.32. The first-order chi connectivity index (χ1) is 5.89. The van der Waals surface area contributed by atoms with E-state index in [9.17, 15) is 13.2 Å². The highest BCUT2D eigenvalue weighted by Crippen LogP contribution is 2.17. The zero-order valence-corrected chi connectivity index (χ0v) is 8.48. The molecule has 0 radical (unpaired) electrons. The van der Waals surface area contributed by atoms with Gasteiger partial charge in [-0.25, -0.2) is 18.5 Å². The summed E-state index contributed by atoms with van der Waals surface area (Å²) in [5.74, 6) is -0.0599. The largest absolute Gasteiger partial charge is 0.300 e. The number of sulfonamides is 1. The van der Waals surface area contributed by atoms with Crippen LogP contribution in [-0.4, -0.2) is 19.2 Å². The summed E-state index contributed by atoms with van der Waals surface area (Å²) in [4.78, 5) is 14.4. The molecule has 0 bridgehead atoms. The van der Waals surface area contributed by atoms with Crippen LogP contribution in [-0.2, 0) is 21.2 Å². The highest BCUT2D eigenvalue weighted by Gasteiger charge is 2.12. The van der Waals surface area contributed by atoms with Crippen molar-refractivity contribution in [3.63, 3.8) is 0 Å². The van der Waals surface area contributed by atoms with Gasteiger partial charge in [0.25, 0.3) is 0 Å². The Morgan fingerprint density at radius 2 is 2.31 bits per heavy atom. The number of hydrogen-bond donors (Lipinski definition) is 1. The molecule has 5 nitrogen and oxygen atoms in total. The van der Waals surface area contributed by atoms with E-state index in [-0.39, 0.29) is 16.4 Å². The van der Waals surface area contributed by atoms with Crippen LogP contribution in [0.2, 0.25) is 0 Å². The first-order valence-electron chi connectivity index (χ1n) is 3.36. The van der Waals surface area contributed by atoms with Gasteiger partial charge in [0.05, 0.1) is 12.6 Å². The molecule has 0 amide bonds. The number of nitrogens with two attached hydrogens (primary N) is 1. The summed E-state index contributed by atoms with van der Waals surface area (Å²) < 4.78 is 21.6. The average Bonchev–Trinajstić information content (AvgIpc) is 2.32. The van der Waals surface area contributed by atoms with E-state index < -0.39 is 10.0 Å². The van der Waals surface area contributed by atoms with Gasteiger partial charge in [-0.05, 0) is 6.92 Å². The highest BCUT2D eigenvalue weighted by atomic mass is 32.2. The number of rotatable bonds is 3. The molecule has 0 aliphatic rings. The zero-order chi connectivity index (χ0) is 10.1. The van der Waals surface area contributed by atoms with E-state index in [2.05, 4.69) is 4.98 Å². The Bertz CT molecular complexity index is 421. The second kappa shape index (κ2) is 3.52. The number of ketones is 1. The fourth-order valence-electron chi connectivity index (χ4n) is 0.720. The quantitative estimate of drug-likeness (QED) is 0.771. The number of hydrogen-bond acceptors (Lipinski definition) is 5. The molecule has 0 fully saturated rings. The maximum atomic E-state index is 10.8.